The van der Waals surface area contributed by atoms with Crippen molar-refractivity contribution in [1.29, 1.82) is 0 Å². The topological polar surface area (TPSA) is 86.6 Å². The maximum absolute atomic E-state index is 11.8. The molecule has 1 aliphatic carbocycles. The minimum atomic E-state index is -1.26. The Morgan fingerprint density at radius 2 is 1.89 bits per heavy atom. The summed E-state index contributed by atoms with van der Waals surface area (Å²) in [5, 5.41) is 21.5. The van der Waals surface area contributed by atoms with E-state index in [-0.39, 0.29) is 6.54 Å². The number of amides is 1. The van der Waals surface area contributed by atoms with Gasteiger partial charge in [-0.2, -0.15) is 0 Å². The highest BCUT2D eigenvalue weighted by Gasteiger charge is 2.44. The molecule has 0 saturated heterocycles. The zero-order valence-electron chi connectivity index (χ0n) is 10.5. The van der Waals surface area contributed by atoms with Crippen LogP contribution >= 0.6 is 0 Å². The molecule has 0 heterocycles. The predicted molar refractivity (Wildman–Crippen MR) is 68.3 cm³/mol. The van der Waals surface area contributed by atoms with Crippen LogP contribution in [0.2, 0.25) is 0 Å². The summed E-state index contributed by atoms with van der Waals surface area (Å²) in [7, 11) is 0. The van der Waals surface area contributed by atoms with Gasteiger partial charge >= 0.3 is 5.97 Å². The van der Waals surface area contributed by atoms with Crippen LogP contribution in [0.5, 0.6) is 0 Å². The van der Waals surface area contributed by atoms with Crippen molar-refractivity contribution in [2.75, 3.05) is 6.54 Å². The lowest BCUT2D eigenvalue weighted by Gasteiger charge is -2.37. The fourth-order valence-electron chi connectivity index (χ4n) is 2.21. The third-order valence-corrected chi connectivity index (χ3v) is 3.73. The van der Waals surface area contributed by atoms with E-state index < -0.39 is 23.4 Å². The van der Waals surface area contributed by atoms with Gasteiger partial charge < -0.3 is 15.5 Å². The van der Waals surface area contributed by atoms with Gasteiger partial charge in [-0.25, -0.2) is 0 Å². The first-order valence-corrected chi connectivity index (χ1v) is 6.29. The zero-order valence-corrected chi connectivity index (χ0v) is 10.5. The molecule has 1 atom stereocenters. The van der Waals surface area contributed by atoms with Gasteiger partial charge in [-0.15, -0.1) is 0 Å². The smallest absolute Gasteiger partial charge is 0.311 e. The van der Waals surface area contributed by atoms with Gasteiger partial charge in [-0.1, -0.05) is 36.8 Å². The number of carboxylic acids is 1. The van der Waals surface area contributed by atoms with E-state index in [1.165, 1.54) is 0 Å². The van der Waals surface area contributed by atoms with Gasteiger partial charge in [0, 0.05) is 6.54 Å². The van der Waals surface area contributed by atoms with Crippen LogP contribution in [-0.4, -0.2) is 28.6 Å². The first kappa shape index (κ1) is 13.5. The second-order valence-corrected chi connectivity index (χ2v) is 4.97. The summed E-state index contributed by atoms with van der Waals surface area (Å²) in [6.45, 7) is 0.0745. The van der Waals surface area contributed by atoms with Crippen molar-refractivity contribution in [3.63, 3.8) is 0 Å². The van der Waals surface area contributed by atoms with Crippen LogP contribution in [-0.2, 0) is 9.59 Å². The molecule has 5 heteroatoms. The Morgan fingerprint density at radius 1 is 1.26 bits per heavy atom. The highest BCUT2D eigenvalue weighted by molar-refractivity contribution is 5.83. The van der Waals surface area contributed by atoms with Crippen LogP contribution in [0.1, 0.15) is 30.9 Å². The number of aliphatic carboxylic acids is 1. The molecule has 19 heavy (non-hydrogen) atoms. The SMILES string of the molecule is O=C(NCC1(C(=O)O)CCC1)C(O)c1ccccc1. The normalized spacial score (nSPS) is 18.2. The van der Waals surface area contributed by atoms with E-state index in [0.29, 0.717) is 18.4 Å². The minimum absolute atomic E-state index is 0.0745. The molecular weight excluding hydrogens is 246 g/mol. The molecule has 1 aromatic rings. The number of hydrogen-bond donors (Lipinski definition) is 3. The molecule has 0 aliphatic heterocycles. The molecule has 5 nitrogen and oxygen atoms in total. The molecule has 1 aromatic carbocycles. The molecule has 1 aliphatic rings. The standard InChI is InChI=1S/C14H17NO4/c16-11(10-5-2-1-3-6-10)12(17)15-9-14(13(18)19)7-4-8-14/h1-3,5-6,11,16H,4,7-9H2,(H,15,17)(H,18,19). The monoisotopic (exact) mass is 263 g/mol. The molecule has 0 aromatic heterocycles. The van der Waals surface area contributed by atoms with E-state index in [0.717, 1.165) is 6.42 Å². The number of rotatable bonds is 5. The number of nitrogens with one attached hydrogen (secondary N) is 1. The van der Waals surface area contributed by atoms with Crippen LogP contribution in [0, 0.1) is 5.41 Å². The molecule has 3 N–H and O–H groups in total. The third kappa shape index (κ3) is 2.76. The molecule has 102 valence electrons. The second kappa shape index (κ2) is 5.40. The molecule has 0 spiro atoms. The van der Waals surface area contributed by atoms with Crippen LogP contribution in [0.3, 0.4) is 0 Å². The summed E-state index contributed by atoms with van der Waals surface area (Å²) in [6, 6.07) is 8.57. The average molecular weight is 263 g/mol. The van der Waals surface area contributed by atoms with Crippen LogP contribution in [0.4, 0.5) is 0 Å². The highest BCUT2D eigenvalue weighted by Crippen LogP contribution is 2.40. The van der Waals surface area contributed by atoms with Crippen molar-refractivity contribution in [2.24, 2.45) is 5.41 Å². The Balaban J connectivity index is 1.93. The van der Waals surface area contributed by atoms with Crippen LogP contribution in [0.15, 0.2) is 30.3 Å². The molecular formula is C14H17NO4. The summed E-state index contributed by atoms with van der Waals surface area (Å²) < 4.78 is 0. The van der Waals surface area contributed by atoms with Crippen molar-refractivity contribution in [1.82, 2.24) is 5.32 Å². The van der Waals surface area contributed by atoms with Crippen molar-refractivity contribution in [2.45, 2.75) is 25.4 Å². The number of carbonyl (C=O) groups is 2. The van der Waals surface area contributed by atoms with E-state index in [4.69, 9.17) is 5.11 Å². The van der Waals surface area contributed by atoms with Gasteiger partial charge in [0.1, 0.15) is 0 Å². The maximum Gasteiger partial charge on any atom is 0.311 e. The summed E-state index contributed by atoms with van der Waals surface area (Å²) in [6.07, 6.45) is 0.754. The Labute approximate surface area is 111 Å². The quantitative estimate of drug-likeness (QED) is 0.742. The highest BCUT2D eigenvalue weighted by atomic mass is 16.4. The average Bonchev–Trinajstić information content (AvgIpc) is 2.37. The largest absolute Gasteiger partial charge is 0.481 e. The fraction of sp³-hybridized carbons (Fsp3) is 0.429. The third-order valence-electron chi connectivity index (χ3n) is 3.73. The van der Waals surface area contributed by atoms with Crippen molar-refractivity contribution in [3.05, 3.63) is 35.9 Å². The lowest BCUT2D eigenvalue weighted by Crippen LogP contribution is -2.48. The fourth-order valence-corrected chi connectivity index (χ4v) is 2.21. The van der Waals surface area contributed by atoms with Crippen molar-refractivity contribution in [3.8, 4) is 0 Å². The van der Waals surface area contributed by atoms with Gasteiger partial charge in [0.15, 0.2) is 6.10 Å². The van der Waals surface area contributed by atoms with Gasteiger partial charge in [-0.05, 0) is 18.4 Å². The number of benzene rings is 1. The lowest BCUT2D eigenvalue weighted by molar-refractivity contribution is -0.154. The number of carbonyl (C=O) groups excluding carboxylic acids is 1. The summed E-state index contributed by atoms with van der Waals surface area (Å²) >= 11 is 0. The van der Waals surface area contributed by atoms with Gasteiger partial charge in [0.05, 0.1) is 5.41 Å². The van der Waals surface area contributed by atoms with Crippen molar-refractivity contribution >= 4 is 11.9 Å². The van der Waals surface area contributed by atoms with E-state index in [1.54, 1.807) is 30.3 Å². The summed E-state index contributed by atoms with van der Waals surface area (Å²) in [5.41, 5.74) is -0.343. The first-order chi connectivity index (χ1) is 9.05. The Kier molecular flexibility index (Phi) is 3.85. The molecule has 1 unspecified atom stereocenters. The van der Waals surface area contributed by atoms with E-state index in [1.807, 2.05) is 0 Å². The van der Waals surface area contributed by atoms with E-state index >= 15 is 0 Å². The Morgan fingerprint density at radius 3 is 2.37 bits per heavy atom. The molecule has 0 radical (unpaired) electrons. The van der Waals surface area contributed by atoms with Gasteiger partial charge in [0.2, 0.25) is 0 Å². The number of hydrogen-bond acceptors (Lipinski definition) is 3. The van der Waals surface area contributed by atoms with E-state index in [9.17, 15) is 14.7 Å². The summed E-state index contributed by atoms with van der Waals surface area (Å²) in [4.78, 5) is 22.9. The number of aliphatic hydroxyl groups excluding tert-OH is 1. The second-order valence-electron chi connectivity index (χ2n) is 4.97. The molecule has 2 rings (SSSR count). The minimum Gasteiger partial charge on any atom is -0.481 e. The van der Waals surface area contributed by atoms with Crippen molar-refractivity contribution < 1.29 is 19.8 Å². The Hall–Kier alpha value is -1.88. The molecule has 1 fully saturated rings. The lowest BCUT2D eigenvalue weighted by atomic mass is 9.69. The summed E-state index contributed by atoms with van der Waals surface area (Å²) in [5.74, 6) is -1.44. The Bertz CT molecular complexity index is 468. The molecule has 1 saturated carbocycles. The number of carboxylic acid groups (broad SMARTS) is 1. The number of aliphatic hydroxyl groups is 1. The van der Waals surface area contributed by atoms with E-state index in [2.05, 4.69) is 5.32 Å². The maximum atomic E-state index is 11.8. The van der Waals surface area contributed by atoms with Crippen LogP contribution in [0.25, 0.3) is 0 Å². The first-order valence-electron chi connectivity index (χ1n) is 6.29. The van der Waals surface area contributed by atoms with Gasteiger partial charge in [-0.3, -0.25) is 9.59 Å². The zero-order chi connectivity index (χ0) is 13.9. The molecule has 0 bridgehead atoms. The van der Waals surface area contributed by atoms with Gasteiger partial charge in [0.25, 0.3) is 5.91 Å². The van der Waals surface area contributed by atoms with Crippen LogP contribution < -0.4 is 5.32 Å². The predicted octanol–water partition coefficient (Wildman–Crippen LogP) is 1.09. The molecule has 1 amide bonds.